The fourth-order valence-electron chi connectivity index (χ4n) is 1.73. The Morgan fingerprint density at radius 2 is 1.60 bits per heavy atom. The summed E-state index contributed by atoms with van der Waals surface area (Å²) in [6.07, 6.45) is 2.31. The van der Waals surface area contributed by atoms with Gasteiger partial charge in [0.15, 0.2) is 0 Å². The van der Waals surface area contributed by atoms with E-state index in [1.165, 1.54) is 17.5 Å². The average Bonchev–Trinajstić information content (AvgIpc) is 2.45. The van der Waals surface area contributed by atoms with Crippen molar-refractivity contribution in [2.24, 2.45) is 0 Å². The summed E-state index contributed by atoms with van der Waals surface area (Å²) in [5, 5.41) is 3.41. The van der Waals surface area contributed by atoms with Crippen molar-refractivity contribution in [1.82, 2.24) is 5.32 Å². The van der Waals surface area contributed by atoms with Crippen LogP contribution in [-0.2, 0) is 22.6 Å². The Bertz CT molecular complexity index is 335. The van der Waals surface area contributed by atoms with Crippen molar-refractivity contribution in [2.75, 3.05) is 19.8 Å². The van der Waals surface area contributed by atoms with Gasteiger partial charge in [0.05, 0.1) is 19.8 Å². The molecule has 0 atom stereocenters. The van der Waals surface area contributed by atoms with Crippen molar-refractivity contribution < 1.29 is 9.47 Å². The summed E-state index contributed by atoms with van der Waals surface area (Å²) < 4.78 is 11.0. The molecule has 0 unspecified atom stereocenters. The lowest BCUT2D eigenvalue weighted by molar-refractivity contribution is 0.0397. The van der Waals surface area contributed by atoms with Crippen LogP contribution in [0.3, 0.4) is 0 Å². The fourth-order valence-corrected chi connectivity index (χ4v) is 1.73. The van der Waals surface area contributed by atoms with Crippen LogP contribution < -0.4 is 5.32 Å². The Kier molecular flexibility index (Phi) is 9.29. The van der Waals surface area contributed by atoms with Crippen LogP contribution in [0.5, 0.6) is 0 Å². The first-order valence-electron chi connectivity index (χ1n) is 7.69. The van der Waals surface area contributed by atoms with E-state index in [4.69, 9.17) is 9.47 Å². The second-order valence-electron chi connectivity index (χ2n) is 5.37. The minimum absolute atomic E-state index is 0.519. The molecule has 0 bridgehead atoms. The molecular formula is C17H29NO2. The normalized spacial score (nSPS) is 11.2. The number of hydrogen-bond acceptors (Lipinski definition) is 3. The highest BCUT2D eigenvalue weighted by atomic mass is 16.5. The van der Waals surface area contributed by atoms with E-state index >= 15 is 0 Å². The van der Waals surface area contributed by atoms with Crippen LogP contribution in [-0.4, -0.2) is 25.9 Å². The van der Waals surface area contributed by atoms with Crippen LogP contribution in [0.25, 0.3) is 0 Å². The maximum Gasteiger partial charge on any atom is 0.0718 e. The van der Waals surface area contributed by atoms with Crippen molar-refractivity contribution in [3.8, 4) is 0 Å². The van der Waals surface area contributed by atoms with E-state index in [2.05, 4.69) is 50.4 Å². The van der Waals surface area contributed by atoms with Crippen molar-refractivity contribution >= 4 is 0 Å². The van der Waals surface area contributed by atoms with Gasteiger partial charge in [0.1, 0.15) is 0 Å². The zero-order valence-electron chi connectivity index (χ0n) is 13.2. The minimum Gasteiger partial charge on any atom is -0.379 e. The highest BCUT2D eigenvalue weighted by Gasteiger charge is 1.97. The monoisotopic (exact) mass is 279 g/mol. The van der Waals surface area contributed by atoms with Crippen molar-refractivity contribution in [3.63, 3.8) is 0 Å². The lowest BCUT2D eigenvalue weighted by atomic mass is 10.1. The standard InChI is InChI=1S/C17H29NO2/c1-4-5-10-19-11-12-20-14-17-8-6-16(7-9-17)13-18-15(2)3/h6-9,15,18H,4-5,10-14H2,1-3H3. The number of nitrogens with one attached hydrogen (secondary N) is 1. The van der Waals surface area contributed by atoms with E-state index in [-0.39, 0.29) is 0 Å². The number of ether oxygens (including phenoxy) is 2. The van der Waals surface area contributed by atoms with Gasteiger partial charge in [-0.15, -0.1) is 0 Å². The lowest BCUT2D eigenvalue weighted by Crippen LogP contribution is -2.21. The van der Waals surface area contributed by atoms with Crippen LogP contribution in [0.15, 0.2) is 24.3 Å². The summed E-state index contributed by atoms with van der Waals surface area (Å²) in [4.78, 5) is 0. The minimum atomic E-state index is 0.519. The molecule has 1 rings (SSSR count). The molecule has 1 N–H and O–H groups in total. The average molecular weight is 279 g/mol. The van der Waals surface area contributed by atoms with E-state index in [0.29, 0.717) is 25.9 Å². The van der Waals surface area contributed by atoms with Gasteiger partial charge < -0.3 is 14.8 Å². The zero-order chi connectivity index (χ0) is 14.6. The molecule has 0 spiro atoms. The number of rotatable bonds is 11. The van der Waals surface area contributed by atoms with Gasteiger partial charge in [0.2, 0.25) is 0 Å². The van der Waals surface area contributed by atoms with Gasteiger partial charge >= 0.3 is 0 Å². The van der Waals surface area contributed by atoms with Gasteiger partial charge in [0.25, 0.3) is 0 Å². The first kappa shape index (κ1) is 17.2. The zero-order valence-corrected chi connectivity index (χ0v) is 13.2. The van der Waals surface area contributed by atoms with Gasteiger partial charge in [-0.05, 0) is 17.5 Å². The molecule has 0 aliphatic heterocycles. The first-order chi connectivity index (χ1) is 9.72. The Balaban J connectivity index is 2.12. The van der Waals surface area contributed by atoms with Gasteiger partial charge in [-0.2, -0.15) is 0 Å². The maximum atomic E-state index is 5.60. The SMILES string of the molecule is CCCCOCCOCc1ccc(CNC(C)C)cc1. The topological polar surface area (TPSA) is 30.5 Å². The predicted octanol–water partition coefficient (Wildman–Crippen LogP) is 3.52. The maximum absolute atomic E-state index is 5.60. The van der Waals surface area contributed by atoms with Gasteiger partial charge in [-0.25, -0.2) is 0 Å². The van der Waals surface area contributed by atoms with Crippen molar-refractivity contribution in [3.05, 3.63) is 35.4 Å². The van der Waals surface area contributed by atoms with Gasteiger partial charge in [-0.3, -0.25) is 0 Å². The molecule has 3 nitrogen and oxygen atoms in total. The molecule has 1 aromatic carbocycles. The number of benzene rings is 1. The Hall–Kier alpha value is -0.900. The third kappa shape index (κ3) is 8.31. The first-order valence-corrected chi connectivity index (χ1v) is 7.69. The van der Waals surface area contributed by atoms with E-state index in [1.54, 1.807) is 0 Å². The molecule has 20 heavy (non-hydrogen) atoms. The van der Waals surface area contributed by atoms with Crippen molar-refractivity contribution in [1.29, 1.82) is 0 Å². The lowest BCUT2D eigenvalue weighted by Gasteiger charge is -2.09. The molecule has 3 heteroatoms. The number of unbranched alkanes of at least 4 members (excludes halogenated alkanes) is 1. The second kappa shape index (κ2) is 10.8. The molecule has 0 aliphatic rings. The van der Waals surface area contributed by atoms with E-state index < -0.39 is 0 Å². The molecule has 0 saturated heterocycles. The van der Waals surface area contributed by atoms with Crippen LogP contribution in [0.2, 0.25) is 0 Å². The second-order valence-corrected chi connectivity index (χ2v) is 5.37. The predicted molar refractivity (Wildman–Crippen MR) is 83.8 cm³/mol. The molecule has 0 aromatic heterocycles. The molecule has 0 amide bonds. The van der Waals surface area contributed by atoms with E-state index in [0.717, 1.165) is 19.6 Å². The summed E-state index contributed by atoms with van der Waals surface area (Å²) in [5.41, 5.74) is 2.53. The Morgan fingerprint density at radius 3 is 2.25 bits per heavy atom. The van der Waals surface area contributed by atoms with Gasteiger partial charge in [-0.1, -0.05) is 51.5 Å². The third-order valence-corrected chi connectivity index (χ3v) is 3.02. The smallest absolute Gasteiger partial charge is 0.0718 e. The molecule has 0 radical (unpaired) electrons. The fraction of sp³-hybridized carbons (Fsp3) is 0.647. The van der Waals surface area contributed by atoms with Gasteiger partial charge in [0, 0.05) is 19.2 Å². The molecule has 1 aromatic rings. The quantitative estimate of drug-likeness (QED) is 0.629. The summed E-state index contributed by atoms with van der Waals surface area (Å²) in [7, 11) is 0. The molecule has 0 saturated carbocycles. The van der Waals surface area contributed by atoms with E-state index in [9.17, 15) is 0 Å². The molecule has 0 aliphatic carbocycles. The van der Waals surface area contributed by atoms with Crippen molar-refractivity contribution in [2.45, 2.75) is 52.8 Å². The highest BCUT2D eigenvalue weighted by Crippen LogP contribution is 2.06. The molecule has 0 heterocycles. The largest absolute Gasteiger partial charge is 0.379 e. The summed E-state index contributed by atoms with van der Waals surface area (Å²) in [5.74, 6) is 0. The Morgan fingerprint density at radius 1 is 0.950 bits per heavy atom. The molecule has 114 valence electrons. The van der Waals surface area contributed by atoms with Crippen LogP contribution in [0, 0.1) is 0 Å². The third-order valence-electron chi connectivity index (χ3n) is 3.02. The summed E-state index contributed by atoms with van der Waals surface area (Å²) in [6.45, 7) is 10.3. The molecule has 0 fully saturated rings. The highest BCUT2D eigenvalue weighted by molar-refractivity contribution is 5.21. The number of hydrogen-bond donors (Lipinski definition) is 1. The van der Waals surface area contributed by atoms with Crippen LogP contribution >= 0.6 is 0 Å². The van der Waals surface area contributed by atoms with Crippen LogP contribution in [0.1, 0.15) is 44.7 Å². The van der Waals surface area contributed by atoms with E-state index in [1.807, 2.05) is 0 Å². The van der Waals surface area contributed by atoms with Crippen LogP contribution in [0.4, 0.5) is 0 Å². The summed E-state index contributed by atoms with van der Waals surface area (Å²) >= 11 is 0. The summed E-state index contributed by atoms with van der Waals surface area (Å²) in [6, 6.07) is 9.10. The Labute approximate surface area is 123 Å². The molecular weight excluding hydrogens is 250 g/mol.